The summed E-state index contributed by atoms with van der Waals surface area (Å²) in [7, 11) is 0. The summed E-state index contributed by atoms with van der Waals surface area (Å²) in [6.45, 7) is 3.47. The number of aryl methyl sites for hydroxylation is 1. The number of aliphatic carboxylic acids is 1. The first-order valence-corrected chi connectivity index (χ1v) is 12.9. The maximum absolute atomic E-state index is 12.7. The summed E-state index contributed by atoms with van der Waals surface area (Å²) in [6, 6.07) is 18.5. The number of nitrogens with zero attached hydrogens (tertiary/aromatic N) is 2. The van der Waals surface area contributed by atoms with E-state index in [-0.39, 0.29) is 6.42 Å². The number of thiazole rings is 1. The lowest BCUT2D eigenvalue weighted by Gasteiger charge is -2.15. The average molecular weight is 548 g/mol. The Morgan fingerprint density at radius 3 is 2.58 bits per heavy atom. The van der Waals surface area contributed by atoms with Crippen LogP contribution in [0.2, 0.25) is 5.02 Å². The summed E-state index contributed by atoms with van der Waals surface area (Å²) in [5.74, 6) is -0.488. The molecule has 0 spiro atoms. The molecule has 1 unspecified atom stereocenters. The minimum atomic E-state index is -0.884. The number of rotatable bonds is 7. The van der Waals surface area contributed by atoms with E-state index < -0.39 is 18.2 Å². The summed E-state index contributed by atoms with van der Waals surface area (Å²) in [5, 5.41) is 16.5. The lowest BCUT2D eigenvalue weighted by atomic mass is 9.99. The van der Waals surface area contributed by atoms with Crippen molar-refractivity contribution in [1.29, 1.82) is 0 Å². The van der Waals surface area contributed by atoms with Gasteiger partial charge in [-0.1, -0.05) is 71.4 Å². The van der Waals surface area contributed by atoms with Crippen molar-refractivity contribution in [2.75, 3.05) is 5.32 Å². The van der Waals surface area contributed by atoms with Crippen LogP contribution in [0.3, 0.4) is 0 Å². The number of carboxylic acid groups (broad SMARTS) is 1. The van der Waals surface area contributed by atoms with E-state index >= 15 is 0 Å². The highest BCUT2D eigenvalue weighted by atomic mass is 35.5. The Labute approximate surface area is 226 Å². The molecule has 2 heterocycles. The Morgan fingerprint density at radius 1 is 1.11 bits per heavy atom. The summed E-state index contributed by atoms with van der Waals surface area (Å²) < 4.78 is 11.9. The SMILES string of the molecule is Cc1noc(-c2ccc(-c3ccc(CC(=O)O)c4scnc34)cc2)c1NC(=O)OC(C)c1ccccc1Cl. The molecular formula is C28H22ClN3O5S. The summed E-state index contributed by atoms with van der Waals surface area (Å²) in [5.41, 5.74) is 7.34. The second-order valence-electron chi connectivity index (χ2n) is 8.62. The molecule has 0 fully saturated rings. The molecule has 8 nitrogen and oxygen atoms in total. The molecule has 10 heteroatoms. The topological polar surface area (TPSA) is 115 Å². The second kappa shape index (κ2) is 10.6. The van der Waals surface area contributed by atoms with E-state index in [1.165, 1.54) is 11.3 Å². The molecule has 2 aromatic heterocycles. The van der Waals surface area contributed by atoms with E-state index in [2.05, 4.69) is 15.5 Å². The smallest absolute Gasteiger partial charge is 0.412 e. The first-order valence-electron chi connectivity index (χ1n) is 11.7. The van der Waals surface area contributed by atoms with Crippen molar-refractivity contribution in [2.45, 2.75) is 26.4 Å². The van der Waals surface area contributed by atoms with Gasteiger partial charge in [-0.3, -0.25) is 10.1 Å². The highest BCUT2D eigenvalue weighted by Gasteiger charge is 2.21. The summed E-state index contributed by atoms with van der Waals surface area (Å²) in [6.07, 6.45) is -1.27. The molecule has 2 N–H and O–H groups in total. The zero-order valence-electron chi connectivity index (χ0n) is 20.4. The van der Waals surface area contributed by atoms with Crippen LogP contribution in [0, 0.1) is 6.92 Å². The molecule has 0 aliphatic rings. The largest absolute Gasteiger partial charge is 0.481 e. The van der Waals surface area contributed by atoms with Crippen LogP contribution in [-0.4, -0.2) is 27.3 Å². The van der Waals surface area contributed by atoms with Crippen LogP contribution in [0.1, 0.15) is 29.8 Å². The van der Waals surface area contributed by atoms with Gasteiger partial charge in [-0.25, -0.2) is 9.78 Å². The molecule has 0 radical (unpaired) electrons. The lowest BCUT2D eigenvalue weighted by molar-refractivity contribution is -0.136. The maximum Gasteiger partial charge on any atom is 0.412 e. The number of carbonyl (C=O) groups excluding carboxylic acids is 1. The van der Waals surface area contributed by atoms with Crippen molar-refractivity contribution in [3.05, 3.63) is 88.0 Å². The number of hydrogen-bond acceptors (Lipinski definition) is 7. The minimum Gasteiger partial charge on any atom is -0.481 e. The number of carboxylic acids is 1. The van der Waals surface area contributed by atoms with E-state index in [9.17, 15) is 14.7 Å². The lowest BCUT2D eigenvalue weighted by Crippen LogP contribution is -2.17. The third-order valence-electron chi connectivity index (χ3n) is 6.08. The number of aromatic nitrogens is 2. The van der Waals surface area contributed by atoms with Crippen LogP contribution in [0.5, 0.6) is 0 Å². The molecule has 38 heavy (non-hydrogen) atoms. The van der Waals surface area contributed by atoms with Gasteiger partial charge in [0.2, 0.25) is 0 Å². The third kappa shape index (κ3) is 5.11. The average Bonchev–Trinajstić information content (AvgIpc) is 3.52. The fraction of sp³-hybridized carbons (Fsp3) is 0.143. The molecule has 3 aromatic carbocycles. The zero-order valence-corrected chi connectivity index (χ0v) is 22.0. The number of nitrogens with one attached hydrogen (secondary N) is 1. The summed E-state index contributed by atoms with van der Waals surface area (Å²) >= 11 is 7.64. The molecule has 0 aliphatic carbocycles. The molecule has 1 amide bonds. The van der Waals surface area contributed by atoms with Gasteiger partial charge in [-0.15, -0.1) is 11.3 Å². The summed E-state index contributed by atoms with van der Waals surface area (Å²) in [4.78, 5) is 28.4. The van der Waals surface area contributed by atoms with Crippen molar-refractivity contribution in [1.82, 2.24) is 10.1 Å². The zero-order chi connectivity index (χ0) is 26.8. The Kier molecular flexibility index (Phi) is 7.13. The quantitative estimate of drug-likeness (QED) is 0.216. The number of halogens is 1. The van der Waals surface area contributed by atoms with Crippen LogP contribution >= 0.6 is 22.9 Å². The van der Waals surface area contributed by atoms with E-state index in [4.69, 9.17) is 20.9 Å². The normalized spacial score (nSPS) is 11.9. The number of anilines is 1. The Bertz CT molecular complexity index is 1640. The van der Waals surface area contributed by atoms with Crippen LogP contribution < -0.4 is 5.32 Å². The predicted octanol–water partition coefficient (Wildman–Crippen LogP) is 7.52. The molecule has 0 aliphatic heterocycles. The molecule has 5 rings (SSSR count). The van der Waals surface area contributed by atoms with Gasteiger partial charge in [0.05, 0.1) is 22.1 Å². The van der Waals surface area contributed by atoms with Crippen molar-refractivity contribution >= 4 is 50.9 Å². The van der Waals surface area contributed by atoms with Crippen LogP contribution in [-0.2, 0) is 16.0 Å². The van der Waals surface area contributed by atoms with Crippen LogP contribution in [0.25, 0.3) is 32.7 Å². The Balaban J connectivity index is 1.37. The van der Waals surface area contributed by atoms with Crippen molar-refractivity contribution in [2.24, 2.45) is 0 Å². The van der Waals surface area contributed by atoms with Crippen LogP contribution in [0.4, 0.5) is 10.5 Å². The number of benzene rings is 3. The third-order valence-corrected chi connectivity index (χ3v) is 7.33. The molecule has 5 aromatic rings. The molecule has 1 atom stereocenters. The number of hydrogen-bond donors (Lipinski definition) is 2. The monoisotopic (exact) mass is 547 g/mol. The van der Waals surface area contributed by atoms with Crippen molar-refractivity contribution in [3.8, 4) is 22.5 Å². The fourth-order valence-electron chi connectivity index (χ4n) is 4.21. The van der Waals surface area contributed by atoms with E-state index in [0.717, 1.165) is 26.9 Å². The second-order valence-corrected chi connectivity index (χ2v) is 9.88. The van der Waals surface area contributed by atoms with Gasteiger partial charge in [0.25, 0.3) is 0 Å². The van der Waals surface area contributed by atoms with Crippen molar-refractivity contribution in [3.63, 3.8) is 0 Å². The fourth-order valence-corrected chi connectivity index (χ4v) is 5.33. The van der Waals surface area contributed by atoms with Gasteiger partial charge in [0.15, 0.2) is 5.76 Å². The molecular weight excluding hydrogens is 526 g/mol. The number of carbonyl (C=O) groups is 2. The molecule has 0 saturated heterocycles. The predicted molar refractivity (Wildman–Crippen MR) is 147 cm³/mol. The minimum absolute atomic E-state index is 0.0574. The van der Waals surface area contributed by atoms with Gasteiger partial charge in [-0.2, -0.15) is 0 Å². The van der Waals surface area contributed by atoms with Gasteiger partial charge in [0, 0.05) is 21.7 Å². The molecule has 192 valence electrons. The molecule has 0 saturated carbocycles. The Morgan fingerprint density at radius 2 is 1.84 bits per heavy atom. The highest BCUT2D eigenvalue weighted by molar-refractivity contribution is 7.17. The highest BCUT2D eigenvalue weighted by Crippen LogP contribution is 2.36. The van der Waals surface area contributed by atoms with Gasteiger partial charge >= 0.3 is 12.1 Å². The van der Waals surface area contributed by atoms with Gasteiger partial charge in [0.1, 0.15) is 17.5 Å². The van der Waals surface area contributed by atoms with Gasteiger partial charge in [-0.05, 0) is 31.0 Å². The van der Waals surface area contributed by atoms with Crippen LogP contribution in [0.15, 0.2) is 70.7 Å². The first kappa shape index (κ1) is 25.4. The van der Waals surface area contributed by atoms with E-state index in [1.807, 2.05) is 48.5 Å². The number of amides is 1. The molecule has 0 bridgehead atoms. The van der Waals surface area contributed by atoms with Crippen molar-refractivity contribution < 1.29 is 24.0 Å². The number of ether oxygens (including phenoxy) is 1. The van der Waals surface area contributed by atoms with Gasteiger partial charge < -0.3 is 14.4 Å². The Hall–Kier alpha value is -4.21. The van der Waals surface area contributed by atoms with E-state index in [1.54, 1.807) is 31.5 Å². The van der Waals surface area contributed by atoms with E-state index in [0.29, 0.717) is 33.3 Å². The standard InChI is InChI=1S/C28H22ClN3O5S/c1-15-24(31-28(35)36-16(2)20-5-3-4-6-22(20)29)26(37-32-15)18-9-7-17(8-10-18)21-12-11-19(13-23(33)34)27-25(21)30-14-38-27/h3-12,14,16H,13H2,1-2H3,(H,31,35)(H,33,34). The first-order chi connectivity index (χ1) is 18.3. The number of fused-ring (bicyclic) bond motifs is 1. The maximum atomic E-state index is 12.7.